The molecule has 3 aromatic rings. The van der Waals surface area contributed by atoms with Gasteiger partial charge in [0.25, 0.3) is 0 Å². The molecule has 0 amide bonds. The normalized spacial score (nSPS) is 15.0. The second-order valence-electron chi connectivity index (χ2n) is 6.88. The highest BCUT2D eigenvalue weighted by molar-refractivity contribution is 5.89. The summed E-state index contributed by atoms with van der Waals surface area (Å²) in [4.78, 5) is 2.39. The van der Waals surface area contributed by atoms with Gasteiger partial charge in [0.05, 0.1) is 0 Å². The van der Waals surface area contributed by atoms with E-state index in [-0.39, 0.29) is 0 Å². The van der Waals surface area contributed by atoms with Gasteiger partial charge in [0.15, 0.2) is 0 Å². The molecule has 2 heteroatoms. The van der Waals surface area contributed by atoms with E-state index in [4.69, 9.17) is 5.73 Å². The molecule has 0 saturated heterocycles. The largest absolute Gasteiger partial charge is 0.399 e. The van der Waals surface area contributed by atoms with Crippen LogP contribution < -0.4 is 10.6 Å². The molecule has 2 N–H and O–H groups in total. The highest BCUT2D eigenvalue weighted by Crippen LogP contribution is 2.37. The Bertz CT molecular complexity index is 983. The van der Waals surface area contributed by atoms with Crippen molar-refractivity contribution in [2.45, 2.75) is 12.8 Å². The highest BCUT2D eigenvalue weighted by Gasteiger charge is 2.21. The Balaban J connectivity index is 1.43. The number of nitrogens with two attached hydrogens (primary N) is 1. The molecule has 2 nitrogen and oxygen atoms in total. The molecule has 1 aliphatic carbocycles. The van der Waals surface area contributed by atoms with E-state index < -0.39 is 0 Å². The second-order valence-corrected chi connectivity index (χ2v) is 6.88. The fourth-order valence-electron chi connectivity index (χ4n) is 4.01. The van der Waals surface area contributed by atoms with Crippen molar-refractivity contribution in [2.24, 2.45) is 0 Å². The molecule has 0 spiro atoms. The Labute approximate surface area is 148 Å². The molecule has 1 heterocycles. The van der Waals surface area contributed by atoms with E-state index >= 15 is 0 Å². The molecule has 122 valence electrons. The molecule has 0 radical (unpaired) electrons. The topological polar surface area (TPSA) is 29.3 Å². The van der Waals surface area contributed by atoms with Gasteiger partial charge in [-0.3, -0.25) is 0 Å². The smallest absolute Gasteiger partial charge is 0.0445 e. The van der Waals surface area contributed by atoms with Crippen LogP contribution >= 0.6 is 0 Å². The van der Waals surface area contributed by atoms with Gasteiger partial charge in [0.2, 0.25) is 0 Å². The zero-order valence-corrected chi connectivity index (χ0v) is 14.1. The maximum absolute atomic E-state index is 5.92. The van der Waals surface area contributed by atoms with Gasteiger partial charge in [-0.2, -0.15) is 0 Å². The predicted octanol–water partition coefficient (Wildman–Crippen LogP) is 5.06. The molecule has 5 rings (SSSR count). The van der Waals surface area contributed by atoms with Crippen LogP contribution in [0.25, 0.3) is 11.6 Å². The number of benzene rings is 3. The zero-order valence-electron chi connectivity index (χ0n) is 14.1. The summed E-state index contributed by atoms with van der Waals surface area (Å²) in [6.45, 7) is 1.02. The van der Waals surface area contributed by atoms with E-state index in [1.165, 1.54) is 39.2 Å². The quantitative estimate of drug-likeness (QED) is 0.668. The van der Waals surface area contributed by atoms with Crippen molar-refractivity contribution in [3.8, 4) is 0 Å². The molecule has 2 aliphatic rings. The van der Waals surface area contributed by atoms with E-state index in [2.05, 4.69) is 71.6 Å². The van der Waals surface area contributed by atoms with Crippen LogP contribution in [0.3, 0.4) is 0 Å². The van der Waals surface area contributed by atoms with E-state index in [1.54, 1.807) is 0 Å². The first kappa shape index (κ1) is 14.4. The minimum absolute atomic E-state index is 0.851. The molecular formula is C23H20N2. The Morgan fingerprint density at radius 3 is 2.52 bits per heavy atom. The van der Waals surface area contributed by atoms with Crippen molar-refractivity contribution in [1.29, 1.82) is 0 Å². The molecule has 25 heavy (non-hydrogen) atoms. The molecule has 0 unspecified atom stereocenters. The Hall–Kier alpha value is -3.00. The number of anilines is 3. The molecule has 1 aliphatic heterocycles. The molecular weight excluding hydrogens is 304 g/mol. The summed E-state index contributed by atoms with van der Waals surface area (Å²) < 4.78 is 0. The standard InChI is InChI=1S/C23H20N2/c24-21-7-10-23-19(15-21)11-12-25(23)22-8-5-16(6-9-22)20-13-17-3-1-2-4-18(17)14-20/h1-10,13,15H,11-12,14,24H2. The number of rotatable bonds is 2. The van der Waals surface area contributed by atoms with Gasteiger partial charge < -0.3 is 10.6 Å². The molecule has 0 bridgehead atoms. The van der Waals surface area contributed by atoms with Gasteiger partial charge in [-0.15, -0.1) is 0 Å². The number of nitrogen functional groups attached to an aromatic ring is 1. The van der Waals surface area contributed by atoms with Crippen molar-refractivity contribution in [3.63, 3.8) is 0 Å². The van der Waals surface area contributed by atoms with Crippen molar-refractivity contribution >= 4 is 28.7 Å². The second kappa shape index (κ2) is 5.52. The highest BCUT2D eigenvalue weighted by atomic mass is 15.2. The number of nitrogens with zero attached hydrogens (tertiary/aromatic N) is 1. The van der Waals surface area contributed by atoms with E-state index in [1.807, 2.05) is 6.07 Å². The monoisotopic (exact) mass is 324 g/mol. The number of allylic oxidation sites excluding steroid dienone is 1. The predicted molar refractivity (Wildman–Crippen MR) is 106 cm³/mol. The van der Waals surface area contributed by atoms with Gasteiger partial charge in [-0.05, 0) is 71.0 Å². The summed E-state index contributed by atoms with van der Waals surface area (Å²) in [6, 6.07) is 23.9. The zero-order chi connectivity index (χ0) is 16.8. The first-order chi connectivity index (χ1) is 12.3. The van der Waals surface area contributed by atoms with Crippen molar-refractivity contribution in [3.05, 3.63) is 89.0 Å². The van der Waals surface area contributed by atoms with E-state index in [9.17, 15) is 0 Å². The minimum Gasteiger partial charge on any atom is -0.399 e. The molecule has 3 aromatic carbocycles. The van der Waals surface area contributed by atoms with Crippen LogP contribution in [0.2, 0.25) is 0 Å². The summed E-state index contributed by atoms with van der Waals surface area (Å²) in [6.07, 6.45) is 4.40. The fourth-order valence-corrected chi connectivity index (χ4v) is 4.01. The first-order valence-corrected chi connectivity index (χ1v) is 8.83. The van der Waals surface area contributed by atoms with Crippen LogP contribution in [0.4, 0.5) is 17.1 Å². The fraction of sp³-hybridized carbons (Fsp3) is 0.130. The van der Waals surface area contributed by atoms with Gasteiger partial charge in [0.1, 0.15) is 0 Å². The summed E-state index contributed by atoms with van der Waals surface area (Å²) in [7, 11) is 0. The molecule has 0 fully saturated rings. The third-order valence-electron chi connectivity index (χ3n) is 5.31. The van der Waals surface area contributed by atoms with Gasteiger partial charge >= 0.3 is 0 Å². The maximum atomic E-state index is 5.92. The number of hydrogen-bond acceptors (Lipinski definition) is 2. The van der Waals surface area contributed by atoms with Gasteiger partial charge in [-0.1, -0.05) is 42.5 Å². The third-order valence-corrected chi connectivity index (χ3v) is 5.31. The van der Waals surface area contributed by atoms with Crippen LogP contribution in [0.15, 0.2) is 66.7 Å². The van der Waals surface area contributed by atoms with Crippen molar-refractivity contribution in [1.82, 2.24) is 0 Å². The van der Waals surface area contributed by atoms with Crippen molar-refractivity contribution < 1.29 is 0 Å². The van der Waals surface area contributed by atoms with Gasteiger partial charge in [-0.25, -0.2) is 0 Å². The lowest BCUT2D eigenvalue weighted by Gasteiger charge is -2.20. The first-order valence-electron chi connectivity index (χ1n) is 8.83. The molecule has 0 aromatic heterocycles. The Morgan fingerprint density at radius 1 is 0.840 bits per heavy atom. The average Bonchev–Trinajstić information content (AvgIpc) is 3.25. The van der Waals surface area contributed by atoms with Gasteiger partial charge in [0, 0.05) is 23.6 Å². The summed E-state index contributed by atoms with van der Waals surface area (Å²) >= 11 is 0. The Kier molecular flexibility index (Phi) is 3.17. The third kappa shape index (κ3) is 2.42. The van der Waals surface area contributed by atoms with E-state index in [0.717, 1.165) is 25.1 Å². The van der Waals surface area contributed by atoms with Crippen LogP contribution in [0.5, 0.6) is 0 Å². The lowest BCUT2D eigenvalue weighted by atomic mass is 10.0. The molecule has 0 saturated carbocycles. The van der Waals surface area contributed by atoms with Crippen LogP contribution in [-0.4, -0.2) is 6.54 Å². The maximum Gasteiger partial charge on any atom is 0.0445 e. The van der Waals surface area contributed by atoms with Crippen LogP contribution in [0.1, 0.15) is 22.3 Å². The average molecular weight is 324 g/mol. The van der Waals surface area contributed by atoms with Crippen LogP contribution in [0, 0.1) is 0 Å². The lowest BCUT2D eigenvalue weighted by Crippen LogP contribution is -2.13. The summed E-state index contributed by atoms with van der Waals surface area (Å²) in [5.41, 5.74) is 16.2. The SMILES string of the molecule is Nc1ccc2c(c1)CCN2c1ccc(C2=Cc3ccccc3C2)cc1. The van der Waals surface area contributed by atoms with Crippen molar-refractivity contribution in [2.75, 3.05) is 17.2 Å². The molecule has 0 atom stereocenters. The lowest BCUT2D eigenvalue weighted by molar-refractivity contribution is 0.998. The number of fused-ring (bicyclic) bond motifs is 2. The minimum atomic E-state index is 0.851. The summed E-state index contributed by atoms with van der Waals surface area (Å²) in [5.74, 6) is 0. The van der Waals surface area contributed by atoms with E-state index in [0.29, 0.717) is 0 Å². The number of hydrogen-bond donors (Lipinski definition) is 1. The van der Waals surface area contributed by atoms with Crippen LogP contribution in [-0.2, 0) is 12.8 Å². The summed E-state index contributed by atoms with van der Waals surface area (Å²) in [5, 5.41) is 0. The Morgan fingerprint density at radius 2 is 1.68 bits per heavy atom.